The molecule has 2 heteroatoms. The Morgan fingerprint density at radius 1 is 0.844 bits per heavy atom. The summed E-state index contributed by atoms with van der Waals surface area (Å²) in [5.74, 6) is 1.27. The van der Waals surface area contributed by atoms with E-state index >= 15 is 0 Å². The molecule has 3 unspecified atom stereocenters. The van der Waals surface area contributed by atoms with Crippen LogP contribution in [0.25, 0.3) is 0 Å². The Bertz CT molecular complexity index is 1030. The molecule has 0 N–H and O–H groups in total. The van der Waals surface area contributed by atoms with Crippen molar-refractivity contribution in [3.8, 4) is 0 Å². The van der Waals surface area contributed by atoms with Gasteiger partial charge in [0.1, 0.15) is 7.85 Å². The molecule has 0 spiro atoms. The predicted octanol–water partition coefficient (Wildman–Crippen LogP) is 6.21. The van der Waals surface area contributed by atoms with Crippen LogP contribution in [0.1, 0.15) is 56.4 Å². The minimum atomic E-state index is 0.442. The van der Waals surface area contributed by atoms with Crippen LogP contribution in [0.3, 0.4) is 0 Å². The second kappa shape index (κ2) is 9.82. The van der Waals surface area contributed by atoms with Gasteiger partial charge in [0.25, 0.3) is 0 Å². The molecule has 0 aliphatic heterocycles. The SMILES string of the molecule is Bc1ccc(N(C2=CCC(C3=CC=CCC3)CC2)C2C=CC(c3ccccc3)CC2)cc1. The Kier molecular flexibility index (Phi) is 6.48. The van der Waals surface area contributed by atoms with Crippen LogP contribution >= 0.6 is 0 Å². The van der Waals surface area contributed by atoms with Crippen LogP contribution in [0, 0.1) is 5.92 Å². The summed E-state index contributed by atoms with van der Waals surface area (Å²) in [6.45, 7) is 0. The smallest absolute Gasteiger partial charge is 0.139 e. The van der Waals surface area contributed by atoms with Gasteiger partial charge < -0.3 is 4.90 Å². The normalized spacial score (nSPS) is 25.2. The third kappa shape index (κ3) is 4.70. The summed E-state index contributed by atoms with van der Waals surface area (Å²) >= 11 is 0. The molecular formula is C30H34BN. The highest BCUT2D eigenvalue weighted by molar-refractivity contribution is 6.32. The lowest BCUT2D eigenvalue weighted by atomic mass is 9.81. The van der Waals surface area contributed by atoms with Crippen molar-refractivity contribution in [1.29, 1.82) is 0 Å². The molecule has 3 aliphatic carbocycles. The van der Waals surface area contributed by atoms with Crippen LogP contribution in [-0.2, 0) is 0 Å². The first-order valence-electron chi connectivity index (χ1n) is 12.4. The molecule has 0 aromatic heterocycles. The van der Waals surface area contributed by atoms with Gasteiger partial charge in [-0.05, 0) is 68.6 Å². The Morgan fingerprint density at radius 2 is 1.69 bits per heavy atom. The standard InChI is InChI=1S/C30H34BN/c31-27-15-21-30(22-16-27)32(28-17-11-25(12-18-28)23-7-3-1-4-8-23)29-19-13-26(14-20-29)24-9-5-2-6-10-24/h1-5,7-9,11,15-17,19,21-22,25-26,28H,6,10,12-14,18,20,31H2. The molecule has 2 aromatic carbocycles. The van der Waals surface area contributed by atoms with Gasteiger partial charge in [0.05, 0.1) is 6.04 Å². The van der Waals surface area contributed by atoms with E-state index in [-0.39, 0.29) is 0 Å². The van der Waals surface area contributed by atoms with E-state index < -0.39 is 0 Å². The van der Waals surface area contributed by atoms with Crippen molar-refractivity contribution in [3.63, 3.8) is 0 Å². The molecule has 3 aliphatic rings. The van der Waals surface area contributed by atoms with Crippen LogP contribution in [0.5, 0.6) is 0 Å². The molecule has 0 bridgehead atoms. The Hall–Kier alpha value is -2.74. The zero-order valence-electron chi connectivity index (χ0n) is 19.3. The van der Waals surface area contributed by atoms with E-state index in [0.29, 0.717) is 12.0 Å². The zero-order chi connectivity index (χ0) is 21.8. The van der Waals surface area contributed by atoms with Gasteiger partial charge in [-0.1, -0.05) is 90.0 Å². The number of hydrogen-bond acceptors (Lipinski definition) is 1. The number of rotatable bonds is 5. The second-order valence-electron chi connectivity index (χ2n) is 9.63. The molecule has 32 heavy (non-hydrogen) atoms. The highest BCUT2D eigenvalue weighted by Gasteiger charge is 2.28. The summed E-state index contributed by atoms with van der Waals surface area (Å²) in [5, 5.41) is 0. The van der Waals surface area contributed by atoms with Crippen molar-refractivity contribution >= 4 is 19.0 Å². The number of hydrogen-bond donors (Lipinski definition) is 0. The van der Waals surface area contributed by atoms with Gasteiger partial charge >= 0.3 is 0 Å². The van der Waals surface area contributed by atoms with Crippen molar-refractivity contribution in [2.45, 2.75) is 56.9 Å². The fourth-order valence-electron chi connectivity index (χ4n) is 5.61. The molecule has 0 fully saturated rings. The van der Waals surface area contributed by atoms with Crippen molar-refractivity contribution in [2.75, 3.05) is 4.90 Å². The minimum Gasteiger partial charge on any atom is -0.339 e. The third-order valence-corrected chi connectivity index (χ3v) is 7.48. The van der Waals surface area contributed by atoms with Gasteiger partial charge in [0.15, 0.2) is 0 Å². The highest BCUT2D eigenvalue weighted by Crippen LogP contribution is 2.38. The maximum atomic E-state index is 2.64. The lowest BCUT2D eigenvalue weighted by Gasteiger charge is -2.39. The average molecular weight is 419 g/mol. The Balaban J connectivity index is 1.38. The summed E-state index contributed by atoms with van der Waals surface area (Å²) in [5.41, 5.74) is 7.29. The summed E-state index contributed by atoms with van der Waals surface area (Å²) < 4.78 is 0. The van der Waals surface area contributed by atoms with Gasteiger partial charge in [0, 0.05) is 17.3 Å². The summed E-state index contributed by atoms with van der Waals surface area (Å²) in [4.78, 5) is 2.64. The number of allylic oxidation sites excluding steroid dienone is 7. The van der Waals surface area contributed by atoms with Gasteiger partial charge in [-0.3, -0.25) is 0 Å². The molecule has 3 atom stereocenters. The third-order valence-electron chi connectivity index (χ3n) is 7.48. The quantitative estimate of drug-likeness (QED) is 0.411. The van der Waals surface area contributed by atoms with Gasteiger partial charge in [-0.15, -0.1) is 0 Å². The van der Waals surface area contributed by atoms with E-state index in [1.807, 2.05) is 0 Å². The molecule has 0 radical (unpaired) electrons. The lowest BCUT2D eigenvalue weighted by molar-refractivity contribution is 0.498. The average Bonchev–Trinajstić information content (AvgIpc) is 2.87. The first-order chi connectivity index (χ1) is 15.8. The van der Waals surface area contributed by atoms with Crippen molar-refractivity contribution in [2.24, 2.45) is 5.92 Å². The zero-order valence-corrected chi connectivity index (χ0v) is 19.3. The Labute approximate surface area is 194 Å². The highest BCUT2D eigenvalue weighted by atomic mass is 15.2. The van der Waals surface area contributed by atoms with E-state index in [2.05, 4.69) is 104 Å². The molecule has 1 nitrogen and oxygen atoms in total. The lowest BCUT2D eigenvalue weighted by Crippen LogP contribution is -2.36. The summed E-state index contributed by atoms with van der Waals surface area (Å²) in [7, 11) is 2.18. The molecule has 2 aromatic rings. The van der Waals surface area contributed by atoms with Crippen LogP contribution in [0.2, 0.25) is 0 Å². The van der Waals surface area contributed by atoms with E-state index in [4.69, 9.17) is 0 Å². The van der Waals surface area contributed by atoms with E-state index in [1.165, 1.54) is 67.4 Å². The van der Waals surface area contributed by atoms with E-state index in [0.717, 1.165) is 5.92 Å². The fourth-order valence-corrected chi connectivity index (χ4v) is 5.61. The molecule has 162 valence electrons. The van der Waals surface area contributed by atoms with Crippen LogP contribution < -0.4 is 10.4 Å². The monoisotopic (exact) mass is 419 g/mol. The fraction of sp³-hybridized carbons (Fsp3) is 0.333. The number of benzene rings is 2. The maximum Gasteiger partial charge on any atom is 0.139 e. The van der Waals surface area contributed by atoms with Crippen LogP contribution in [-0.4, -0.2) is 13.9 Å². The van der Waals surface area contributed by atoms with E-state index in [9.17, 15) is 0 Å². The topological polar surface area (TPSA) is 3.24 Å². The molecule has 0 heterocycles. The summed E-state index contributed by atoms with van der Waals surface area (Å²) in [6, 6.07) is 20.6. The van der Waals surface area contributed by atoms with Crippen LogP contribution in [0.4, 0.5) is 5.69 Å². The molecule has 0 saturated heterocycles. The van der Waals surface area contributed by atoms with Gasteiger partial charge in [-0.2, -0.15) is 0 Å². The first-order valence-corrected chi connectivity index (χ1v) is 12.4. The largest absolute Gasteiger partial charge is 0.339 e. The minimum absolute atomic E-state index is 0.442. The summed E-state index contributed by atoms with van der Waals surface area (Å²) in [6.07, 6.45) is 22.9. The van der Waals surface area contributed by atoms with Crippen molar-refractivity contribution < 1.29 is 0 Å². The van der Waals surface area contributed by atoms with Gasteiger partial charge in [0.2, 0.25) is 0 Å². The molecule has 0 amide bonds. The van der Waals surface area contributed by atoms with E-state index in [1.54, 1.807) is 5.57 Å². The first kappa shape index (κ1) is 21.1. The predicted molar refractivity (Wildman–Crippen MR) is 140 cm³/mol. The molecular weight excluding hydrogens is 385 g/mol. The van der Waals surface area contributed by atoms with Gasteiger partial charge in [-0.25, -0.2) is 0 Å². The Morgan fingerprint density at radius 3 is 2.34 bits per heavy atom. The maximum absolute atomic E-state index is 2.64. The van der Waals surface area contributed by atoms with Crippen molar-refractivity contribution in [3.05, 3.63) is 108 Å². The van der Waals surface area contributed by atoms with Crippen LogP contribution in [0.15, 0.2) is 102 Å². The number of anilines is 1. The molecule has 0 saturated carbocycles. The number of nitrogens with zero attached hydrogens (tertiary/aromatic N) is 1. The molecule has 5 rings (SSSR count). The van der Waals surface area contributed by atoms with Crippen molar-refractivity contribution in [1.82, 2.24) is 0 Å². The second-order valence-corrected chi connectivity index (χ2v) is 9.63.